The van der Waals surface area contributed by atoms with E-state index in [1.807, 2.05) is 13.8 Å². The minimum Gasteiger partial charge on any atom is -0.491 e. The van der Waals surface area contributed by atoms with Crippen LogP contribution in [0.5, 0.6) is 17.2 Å². The van der Waals surface area contributed by atoms with Gasteiger partial charge in [-0.05, 0) is 57.9 Å². The number of aromatic nitrogens is 1. The predicted molar refractivity (Wildman–Crippen MR) is 124 cm³/mol. The third-order valence-corrected chi connectivity index (χ3v) is 7.93. The summed E-state index contributed by atoms with van der Waals surface area (Å²) < 4.78 is 36.2. The molecule has 2 amide bonds. The first-order chi connectivity index (χ1) is 15.6. The highest BCUT2D eigenvalue weighted by Gasteiger charge is 2.37. The number of ether oxygens (including phenoxy) is 2. The molecular formula is C22H23N3O6S2. The Bertz CT molecular complexity index is 1220. The van der Waals surface area contributed by atoms with Gasteiger partial charge in [0.05, 0.1) is 22.8 Å². The fourth-order valence-corrected chi connectivity index (χ4v) is 5.38. The van der Waals surface area contributed by atoms with Crippen LogP contribution in [0.2, 0.25) is 0 Å². The molecule has 2 aliphatic rings. The lowest BCUT2D eigenvalue weighted by Gasteiger charge is -2.14. The highest BCUT2D eigenvalue weighted by molar-refractivity contribution is 8.15. The van der Waals surface area contributed by atoms with E-state index in [1.165, 1.54) is 36.2 Å². The Balaban J connectivity index is 1.55. The molecule has 1 saturated carbocycles. The van der Waals surface area contributed by atoms with Gasteiger partial charge in [0.2, 0.25) is 0 Å². The molecule has 1 atom stereocenters. The molecule has 33 heavy (non-hydrogen) atoms. The lowest BCUT2D eigenvalue weighted by molar-refractivity contribution is -0.116. The largest absolute Gasteiger partial charge is 0.491 e. The number of aliphatic imine (C=N–C) groups is 1. The number of carbonyl (C=O) groups is 2. The van der Waals surface area contributed by atoms with E-state index >= 15 is 0 Å². The number of carbonyl (C=O) groups excluding carboxylic acids is 2. The SMILES string of the molecule is CC(C)Oc1cc(Oc2ccc(S(=O)(=O)C3CC3)nc2)cc(C(=O)NC2=NC(=O)C(C)S2)c1. The number of thioether (sulfide) groups is 1. The zero-order valence-corrected chi connectivity index (χ0v) is 19.9. The van der Waals surface area contributed by atoms with Crippen molar-refractivity contribution >= 4 is 38.6 Å². The van der Waals surface area contributed by atoms with E-state index in [0.29, 0.717) is 30.1 Å². The van der Waals surface area contributed by atoms with Gasteiger partial charge in [-0.3, -0.25) is 9.59 Å². The van der Waals surface area contributed by atoms with Gasteiger partial charge in [0.1, 0.15) is 17.2 Å². The number of amidine groups is 1. The minimum absolute atomic E-state index is 0.0212. The van der Waals surface area contributed by atoms with Crippen LogP contribution in [0.4, 0.5) is 0 Å². The molecule has 11 heteroatoms. The highest BCUT2D eigenvalue weighted by atomic mass is 32.2. The maximum atomic E-state index is 12.8. The van der Waals surface area contributed by atoms with Crippen LogP contribution in [0.3, 0.4) is 0 Å². The predicted octanol–water partition coefficient (Wildman–Crippen LogP) is 3.34. The summed E-state index contributed by atoms with van der Waals surface area (Å²) in [7, 11) is -3.39. The normalized spacial score (nSPS) is 18.2. The zero-order chi connectivity index (χ0) is 23.8. The fraction of sp³-hybridized carbons (Fsp3) is 0.364. The molecule has 1 N–H and O–H groups in total. The topological polar surface area (TPSA) is 124 Å². The summed E-state index contributed by atoms with van der Waals surface area (Å²) in [6, 6.07) is 7.65. The molecule has 0 bridgehead atoms. The first-order valence-electron chi connectivity index (χ1n) is 10.4. The van der Waals surface area contributed by atoms with Crippen LogP contribution >= 0.6 is 11.8 Å². The lowest BCUT2D eigenvalue weighted by Crippen LogP contribution is -2.27. The molecule has 0 spiro atoms. The van der Waals surface area contributed by atoms with Gasteiger partial charge in [0, 0.05) is 11.6 Å². The molecule has 0 saturated heterocycles. The molecule has 1 fully saturated rings. The van der Waals surface area contributed by atoms with Crippen molar-refractivity contribution in [3.05, 3.63) is 42.1 Å². The average Bonchev–Trinajstić information content (AvgIpc) is 3.55. The summed E-state index contributed by atoms with van der Waals surface area (Å²) in [4.78, 5) is 32.3. The van der Waals surface area contributed by atoms with E-state index in [-0.39, 0.29) is 38.3 Å². The summed E-state index contributed by atoms with van der Waals surface area (Å²) in [5, 5.41) is 2.21. The third-order valence-electron chi connectivity index (χ3n) is 4.78. The summed E-state index contributed by atoms with van der Waals surface area (Å²) in [6.07, 6.45) is 2.52. The van der Waals surface area contributed by atoms with Gasteiger partial charge >= 0.3 is 0 Å². The molecule has 1 aliphatic heterocycles. The number of nitrogens with one attached hydrogen (secondary N) is 1. The summed E-state index contributed by atoms with van der Waals surface area (Å²) >= 11 is 1.18. The summed E-state index contributed by atoms with van der Waals surface area (Å²) in [6.45, 7) is 5.42. The number of hydrogen-bond acceptors (Lipinski definition) is 8. The fourth-order valence-electron chi connectivity index (χ4n) is 3.04. The van der Waals surface area contributed by atoms with Crippen LogP contribution < -0.4 is 14.8 Å². The first kappa shape index (κ1) is 23.2. The van der Waals surface area contributed by atoms with Crippen LogP contribution in [0.15, 0.2) is 46.5 Å². The minimum atomic E-state index is -3.39. The number of amides is 2. The molecule has 2 aromatic rings. The summed E-state index contributed by atoms with van der Waals surface area (Å²) in [5.41, 5.74) is 0.249. The quantitative estimate of drug-likeness (QED) is 0.628. The Kier molecular flexibility index (Phi) is 6.44. The van der Waals surface area contributed by atoms with Gasteiger partial charge in [-0.1, -0.05) is 11.8 Å². The van der Waals surface area contributed by atoms with Crippen LogP contribution in [0, 0.1) is 0 Å². The maximum absolute atomic E-state index is 12.8. The second kappa shape index (κ2) is 9.14. The van der Waals surface area contributed by atoms with Crippen molar-refractivity contribution in [3.63, 3.8) is 0 Å². The Morgan fingerprint density at radius 2 is 1.88 bits per heavy atom. The smallest absolute Gasteiger partial charge is 0.261 e. The van der Waals surface area contributed by atoms with Crippen molar-refractivity contribution in [1.82, 2.24) is 10.3 Å². The standard InChI is InChI=1S/C22H23N3O6S2/c1-12(2)30-16-8-14(21(27)25-22-24-20(26)13(3)32-22)9-17(10-16)31-15-4-7-19(23-11-15)33(28,29)18-5-6-18/h4,7-13,18H,5-6H2,1-3H3,(H,24,25,26,27). The first-order valence-corrected chi connectivity index (χ1v) is 12.8. The van der Waals surface area contributed by atoms with E-state index in [0.717, 1.165) is 0 Å². The monoisotopic (exact) mass is 489 g/mol. The van der Waals surface area contributed by atoms with Gasteiger partial charge in [-0.2, -0.15) is 4.99 Å². The Labute approximate surface area is 195 Å². The van der Waals surface area contributed by atoms with Gasteiger partial charge in [-0.25, -0.2) is 13.4 Å². The Hall–Kier alpha value is -2.92. The zero-order valence-electron chi connectivity index (χ0n) is 18.3. The summed E-state index contributed by atoms with van der Waals surface area (Å²) in [5.74, 6) is 0.275. The highest BCUT2D eigenvalue weighted by Crippen LogP contribution is 2.34. The maximum Gasteiger partial charge on any atom is 0.261 e. The second-order valence-corrected chi connectivity index (χ2v) is 11.5. The number of pyridine rings is 1. The van der Waals surface area contributed by atoms with Crippen LogP contribution in [-0.4, -0.2) is 47.0 Å². The molecule has 174 valence electrons. The van der Waals surface area contributed by atoms with E-state index in [9.17, 15) is 18.0 Å². The number of hydrogen-bond donors (Lipinski definition) is 1. The average molecular weight is 490 g/mol. The molecular weight excluding hydrogens is 466 g/mol. The van der Waals surface area contributed by atoms with Gasteiger partial charge in [0.15, 0.2) is 20.0 Å². The number of sulfone groups is 1. The van der Waals surface area contributed by atoms with Crippen molar-refractivity contribution in [3.8, 4) is 17.2 Å². The van der Waals surface area contributed by atoms with Crippen LogP contribution in [0.25, 0.3) is 0 Å². The lowest BCUT2D eigenvalue weighted by atomic mass is 10.2. The number of benzene rings is 1. The van der Waals surface area contributed by atoms with Crippen molar-refractivity contribution in [1.29, 1.82) is 0 Å². The van der Waals surface area contributed by atoms with Gasteiger partial charge < -0.3 is 14.8 Å². The van der Waals surface area contributed by atoms with E-state index in [2.05, 4.69) is 15.3 Å². The molecule has 1 aromatic heterocycles. The molecule has 0 radical (unpaired) electrons. The Morgan fingerprint density at radius 1 is 1.15 bits per heavy atom. The van der Waals surface area contributed by atoms with E-state index in [4.69, 9.17) is 9.47 Å². The number of rotatable bonds is 7. The van der Waals surface area contributed by atoms with Crippen molar-refractivity contribution in [2.24, 2.45) is 4.99 Å². The van der Waals surface area contributed by atoms with Crippen molar-refractivity contribution in [2.75, 3.05) is 0 Å². The third kappa shape index (κ3) is 5.53. The molecule has 9 nitrogen and oxygen atoms in total. The second-order valence-electron chi connectivity index (χ2n) is 8.01. The number of nitrogens with zero attached hydrogens (tertiary/aromatic N) is 2. The van der Waals surface area contributed by atoms with E-state index < -0.39 is 15.7 Å². The van der Waals surface area contributed by atoms with Gasteiger partial charge in [-0.15, -0.1) is 0 Å². The molecule has 2 heterocycles. The Morgan fingerprint density at radius 3 is 2.45 bits per heavy atom. The molecule has 1 unspecified atom stereocenters. The van der Waals surface area contributed by atoms with Gasteiger partial charge in [0.25, 0.3) is 11.8 Å². The molecule has 4 rings (SSSR count). The van der Waals surface area contributed by atoms with Crippen molar-refractivity contribution < 1.29 is 27.5 Å². The molecule has 1 aliphatic carbocycles. The van der Waals surface area contributed by atoms with Crippen LogP contribution in [-0.2, 0) is 14.6 Å². The molecule has 1 aromatic carbocycles. The van der Waals surface area contributed by atoms with Crippen LogP contribution in [0.1, 0.15) is 44.0 Å². The van der Waals surface area contributed by atoms with Crippen molar-refractivity contribution in [2.45, 2.75) is 55.2 Å². The van der Waals surface area contributed by atoms with E-state index in [1.54, 1.807) is 19.1 Å².